The van der Waals surface area contributed by atoms with E-state index in [1.807, 2.05) is 42.5 Å². The lowest BCUT2D eigenvalue weighted by molar-refractivity contribution is -0.146. The zero-order chi connectivity index (χ0) is 13.7. The number of nitrogens with one attached hydrogen (secondary N) is 1. The van der Waals surface area contributed by atoms with Gasteiger partial charge < -0.3 is 4.84 Å². The molecule has 0 atom stereocenters. The lowest BCUT2D eigenvalue weighted by atomic mass is 9.99. The Hall–Kier alpha value is -2.62. The third-order valence-electron chi connectivity index (χ3n) is 2.54. The average Bonchev–Trinajstić information content (AvgIpc) is 2.45. The minimum absolute atomic E-state index is 0.449. The average molecular weight is 255 g/mol. The van der Waals surface area contributed by atoms with E-state index >= 15 is 0 Å². The molecule has 1 N–H and O–H groups in total. The monoisotopic (exact) mass is 255 g/mol. The molecule has 2 rings (SSSR count). The highest BCUT2D eigenvalue weighted by Gasteiger charge is 2.12. The summed E-state index contributed by atoms with van der Waals surface area (Å²) < 4.78 is 0. The maximum atomic E-state index is 12.0. The number of rotatable bonds is 2. The molecule has 0 aliphatic rings. The van der Waals surface area contributed by atoms with Gasteiger partial charge in [0.15, 0.2) is 0 Å². The summed E-state index contributed by atoms with van der Waals surface area (Å²) in [4.78, 5) is 27.2. The molecule has 2 aromatic rings. The minimum Gasteiger partial charge on any atom is -0.341 e. The van der Waals surface area contributed by atoms with Crippen LogP contribution < -0.4 is 5.48 Å². The van der Waals surface area contributed by atoms with E-state index in [9.17, 15) is 9.59 Å². The lowest BCUT2D eigenvalue weighted by Gasteiger charge is -2.09. The summed E-state index contributed by atoms with van der Waals surface area (Å²) >= 11 is 0. The highest BCUT2D eigenvalue weighted by Crippen LogP contribution is 2.23. The van der Waals surface area contributed by atoms with Crippen LogP contribution in [0.3, 0.4) is 0 Å². The van der Waals surface area contributed by atoms with Crippen molar-refractivity contribution in [1.29, 1.82) is 0 Å². The Morgan fingerprint density at radius 2 is 1.58 bits per heavy atom. The first-order valence-corrected chi connectivity index (χ1v) is 5.80. The molecule has 0 aliphatic heterocycles. The molecule has 0 heterocycles. The summed E-state index contributed by atoms with van der Waals surface area (Å²) in [6.07, 6.45) is 0. The summed E-state index contributed by atoms with van der Waals surface area (Å²) in [5, 5.41) is 0. The molecule has 0 saturated heterocycles. The fraction of sp³-hybridized carbons (Fsp3) is 0.0667. The number of hydroxylamine groups is 1. The summed E-state index contributed by atoms with van der Waals surface area (Å²) in [6.45, 7) is 1.23. The highest BCUT2D eigenvalue weighted by molar-refractivity contribution is 6.00. The van der Waals surface area contributed by atoms with E-state index < -0.39 is 11.9 Å². The predicted octanol–water partition coefficient (Wildman–Crippen LogP) is 2.56. The van der Waals surface area contributed by atoms with Crippen LogP contribution in [0.15, 0.2) is 54.6 Å². The SMILES string of the molecule is CC(=O)ONC(=O)c1ccccc1-c1ccccc1. The first-order chi connectivity index (χ1) is 9.18. The number of amides is 1. The lowest BCUT2D eigenvalue weighted by Crippen LogP contribution is -2.26. The topological polar surface area (TPSA) is 55.4 Å². The highest BCUT2D eigenvalue weighted by atomic mass is 16.7. The van der Waals surface area contributed by atoms with Crippen LogP contribution in [0.5, 0.6) is 0 Å². The summed E-state index contributed by atoms with van der Waals surface area (Å²) in [7, 11) is 0. The van der Waals surface area contributed by atoms with Crippen molar-refractivity contribution >= 4 is 11.9 Å². The third kappa shape index (κ3) is 3.19. The maximum absolute atomic E-state index is 12.0. The number of benzene rings is 2. The zero-order valence-electron chi connectivity index (χ0n) is 10.4. The van der Waals surface area contributed by atoms with Crippen molar-refractivity contribution in [2.75, 3.05) is 0 Å². The number of hydrogen-bond donors (Lipinski definition) is 1. The van der Waals surface area contributed by atoms with Crippen molar-refractivity contribution in [2.24, 2.45) is 0 Å². The van der Waals surface area contributed by atoms with E-state index in [-0.39, 0.29) is 0 Å². The first kappa shape index (κ1) is 12.8. The molecule has 0 fully saturated rings. The summed E-state index contributed by atoms with van der Waals surface area (Å²) in [6, 6.07) is 16.7. The van der Waals surface area contributed by atoms with Gasteiger partial charge in [0.05, 0.1) is 5.56 Å². The van der Waals surface area contributed by atoms with E-state index in [4.69, 9.17) is 0 Å². The Bertz CT molecular complexity index is 593. The van der Waals surface area contributed by atoms with Crippen molar-refractivity contribution in [3.05, 3.63) is 60.2 Å². The Morgan fingerprint density at radius 1 is 0.947 bits per heavy atom. The molecule has 2 aromatic carbocycles. The Kier molecular flexibility index (Phi) is 3.93. The Morgan fingerprint density at radius 3 is 2.26 bits per heavy atom. The second kappa shape index (κ2) is 5.82. The van der Waals surface area contributed by atoms with Crippen molar-refractivity contribution in [3.63, 3.8) is 0 Å². The van der Waals surface area contributed by atoms with Crippen LogP contribution in [0, 0.1) is 0 Å². The van der Waals surface area contributed by atoms with Crippen LogP contribution >= 0.6 is 0 Å². The minimum atomic E-state index is -0.564. The molecule has 0 saturated carbocycles. The van der Waals surface area contributed by atoms with E-state index in [0.29, 0.717) is 5.56 Å². The second-order valence-electron chi connectivity index (χ2n) is 3.94. The smallest absolute Gasteiger partial charge is 0.329 e. The van der Waals surface area contributed by atoms with Crippen molar-refractivity contribution in [1.82, 2.24) is 5.48 Å². The van der Waals surface area contributed by atoms with Gasteiger partial charge in [0.1, 0.15) is 0 Å². The molecule has 0 unspecified atom stereocenters. The van der Waals surface area contributed by atoms with Gasteiger partial charge in [-0.3, -0.25) is 9.59 Å². The van der Waals surface area contributed by atoms with Gasteiger partial charge in [0.2, 0.25) is 0 Å². The molecule has 0 spiro atoms. The molecule has 4 nitrogen and oxygen atoms in total. The van der Waals surface area contributed by atoms with Gasteiger partial charge in [-0.15, -0.1) is 0 Å². The van der Waals surface area contributed by atoms with E-state index in [1.165, 1.54) is 6.92 Å². The zero-order valence-corrected chi connectivity index (χ0v) is 10.4. The summed E-state index contributed by atoms with van der Waals surface area (Å²) in [5.74, 6) is -1.01. The van der Waals surface area contributed by atoms with E-state index in [0.717, 1.165) is 11.1 Å². The van der Waals surface area contributed by atoms with Gasteiger partial charge in [-0.1, -0.05) is 48.5 Å². The standard InChI is InChI=1S/C15H13NO3/c1-11(17)19-16-15(18)14-10-6-5-9-13(14)12-7-3-2-4-8-12/h2-10H,1H3,(H,16,18). The molecular weight excluding hydrogens is 242 g/mol. The molecule has 96 valence electrons. The third-order valence-corrected chi connectivity index (χ3v) is 2.54. The molecule has 0 aromatic heterocycles. The van der Waals surface area contributed by atoms with Gasteiger partial charge in [-0.05, 0) is 17.2 Å². The number of hydrogen-bond acceptors (Lipinski definition) is 3. The number of carbonyl (C=O) groups is 2. The van der Waals surface area contributed by atoms with Gasteiger partial charge in [0.25, 0.3) is 5.91 Å². The van der Waals surface area contributed by atoms with Crippen LogP contribution in [-0.4, -0.2) is 11.9 Å². The van der Waals surface area contributed by atoms with Crippen molar-refractivity contribution in [2.45, 2.75) is 6.92 Å². The Balaban J connectivity index is 2.31. The Labute approximate surface area is 111 Å². The molecule has 19 heavy (non-hydrogen) atoms. The normalized spacial score (nSPS) is 9.74. The van der Waals surface area contributed by atoms with Crippen LogP contribution in [0.25, 0.3) is 11.1 Å². The second-order valence-corrected chi connectivity index (χ2v) is 3.94. The predicted molar refractivity (Wildman–Crippen MR) is 71.1 cm³/mol. The fourth-order valence-electron chi connectivity index (χ4n) is 1.72. The van der Waals surface area contributed by atoms with Gasteiger partial charge in [-0.2, -0.15) is 5.48 Å². The van der Waals surface area contributed by atoms with Gasteiger partial charge in [0, 0.05) is 6.92 Å². The van der Waals surface area contributed by atoms with Crippen LogP contribution in [0.4, 0.5) is 0 Å². The van der Waals surface area contributed by atoms with Crippen LogP contribution in [-0.2, 0) is 9.63 Å². The molecule has 0 bridgehead atoms. The van der Waals surface area contributed by atoms with Crippen molar-refractivity contribution < 1.29 is 14.4 Å². The quantitative estimate of drug-likeness (QED) is 0.839. The van der Waals surface area contributed by atoms with Gasteiger partial charge >= 0.3 is 5.97 Å². The molecule has 4 heteroatoms. The van der Waals surface area contributed by atoms with Crippen LogP contribution in [0.1, 0.15) is 17.3 Å². The van der Waals surface area contributed by atoms with Gasteiger partial charge in [-0.25, -0.2) is 0 Å². The maximum Gasteiger partial charge on any atom is 0.329 e. The van der Waals surface area contributed by atoms with Crippen LogP contribution in [0.2, 0.25) is 0 Å². The fourth-order valence-corrected chi connectivity index (χ4v) is 1.72. The first-order valence-electron chi connectivity index (χ1n) is 5.80. The molecular formula is C15H13NO3. The summed E-state index contributed by atoms with van der Waals surface area (Å²) in [5.41, 5.74) is 4.29. The molecule has 0 aliphatic carbocycles. The van der Waals surface area contributed by atoms with E-state index in [1.54, 1.807) is 12.1 Å². The van der Waals surface area contributed by atoms with E-state index in [2.05, 4.69) is 10.3 Å². The van der Waals surface area contributed by atoms with Crippen molar-refractivity contribution in [3.8, 4) is 11.1 Å². The number of carbonyl (C=O) groups excluding carboxylic acids is 2. The largest absolute Gasteiger partial charge is 0.341 e. The molecule has 1 amide bonds. The molecule has 0 radical (unpaired) electrons.